The average Bonchev–Trinajstić information content (AvgIpc) is 2.29. The molecule has 0 fully saturated rings. The van der Waals surface area contributed by atoms with Crippen molar-refractivity contribution in [1.82, 2.24) is 0 Å². The van der Waals surface area contributed by atoms with E-state index in [0.717, 1.165) is 17.5 Å². The number of aryl methyl sites for hydroxylation is 1. The van der Waals surface area contributed by atoms with Gasteiger partial charge in [-0.25, -0.2) is 4.39 Å². The summed E-state index contributed by atoms with van der Waals surface area (Å²) in [5, 5.41) is 0.393. The number of hydrogen-bond donors (Lipinski definition) is 1. The summed E-state index contributed by atoms with van der Waals surface area (Å²) in [5.41, 5.74) is 8.96. The van der Waals surface area contributed by atoms with Gasteiger partial charge in [0, 0.05) is 16.3 Å². The Bertz CT molecular complexity index is 552. The van der Waals surface area contributed by atoms with Crippen molar-refractivity contribution in [2.24, 2.45) is 0 Å². The molecule has 0 aromatic heterocycles. The van der Waals surface area contributed by atoms with E-state index in [0.29, 0.717) is 16.3 Å². The van der Waals surface area contributed by atoms with Gasteiger partial charge in [0.2, 0.25) is 0 Å². The van der Waals surface area contributed by atoms with Crippen molar-refractivity contribution in [3.8, 4) is 11.1 Å². The summed E-state index contributed by atoms with van der Waals surface area (Å²) in [4.78, 5) is 0. The van der Waals surface area contributed by atoms with Gasteiger partial charge in [0.05, 0.1) is 0 Å². The molecule has 3 heteroatoms. The molecule has 0 unspecified atom stereocenters. The Kier molecular flexibility index (Phi) is 3.34. The summed E-state index contributed by atoms with van der Waals surface area (Å²) >= 11 is 5.72. The van der Waals surface area contributed by atoms with Gasteiger partial charge in [-0.2, -0.15) is 0 Å². The monoisotopic (exact) mass is 249 g/mol. The summed E-state index contributed by atoms with van der Waals surface area (Å²) < 4.78 is 13.7. The lowest BCUT2D eigenvalue weighted by atomic mass is 10.0. The maximum Gasteiger partial charge on any atom is 0.132 e. The molecule has 0 heterocycles. The number of nitrogens with two attached hydrogens (primary N) is 1. The lowest BCUT2D eigenvalue weighted by Gasteiger charge is -2.08. The Hall–Kier alpha value is -1.54. The molecule has 1 nitrogen and oxygen atoms in total. The summed E-state index contributed by atoms with van der Waals surface area (Å²) in [6.07, 6.45) is 0.870. The molecule has 88 valence electrons. The topological polar surface area (TPSA) is 26.0 Å². The number of anilines is 1. The van der Waals surface area contributed by atoms with Gasteiger partial charge in [-0.15, -0.1) is 0 Å². The number of rotatable bonds is 2. The molecule has 0 amide bonds. The van der Waals surface area contributed by atoms with Crippen molar-refractivity contribution in [3.05, 3.63) is 52.8 Å². The van der Waals surface area contributed by atoms with E-state index in [2.05, 4.69) is 0 Å². The van der Waals surface area contributed by atoms with Crippen LogP contribution in [0, 0.1) is 5.82 Å². The van der Waals surface area contributed by atoms with Crippen LogP contribution in [0.5, 0.6) is 0 Å². The lowest BCUT2D eigenvalue weighted by Crippen LogP contribution is -1.94. The Morgan fingerprint density at radius 2 is 1.94 bits per heavy atom. The highest BCUT2D eigenvalue weighted by Crippen LogP contribution is 2.28. The standard InChI is InChI=1S/C14H13ClFN/c1-2-9-3-4-10(7-14(9)17)12-6-5-11(15)8-13(12)16/h3-8H,2,17H2,1H3. The molecule has 0 aliphatic heterocycles. The van der Waals surface area contributed by atoms with E-state index in [-0.39, 0.29) is 5.82 Å². The second kappa shape index (κ2) is 4.76. The van der Waals surface area contributed by atoms with Gasteiger partial charge in [-0.3, -0.25) is 0 Å². The van der Waals surface area contributed by atoms with Crippen molar-refractivity contribution in [1.29, 1.82) is 0 Å². The predicted octanol–water partition coefficient (Wildman–Crippen LogP) is 4.29. The van der Waals surface area contributed by atoms with E-state index < -0.39 is 0 Å². The van der Waals surface area contributed by atoms with E-state index in [4.69, 9.17) is 17.3 Å². The highest BCUT2D eigenvalue weighted by atomic mass is 35.5. The van der Waals surface area contributed by atoms with Gasteiger partial charge in [0.25, 0.3) is 0 Å². The fourth-order valence-corrected chi connectivity index (χ4v) is 1.97. The quantitative estimate of drug-likeness (QED) is 0.790. The van der Waals surface area contributed by atoms with Gasteiger partial charge in [-0.1, -0.05) is 30.7 Å². The molecule has 0 saturated heterocycles. The minimum Gasteiger partial charge on any atom is -0.398 e. The molecule has 2 aromatic rings. The van der Waals surface area contributed by atoms with E-state index in [9.17, 15) is 4.39 Å². The molecule has 0 aliphatic rings. The van der Waals surface area contributed by atoms with Gasteiger partial charge in [0.1, 0.15) is 5.82 Å². The molecule has 0 aliphatic carbocycles. The zero-order chi connectivity index (χ0) is 12.4. The first-order valence-electron chi connectivity index (χ1n) is 5.45. The van der Waals surface area contributed by atoms with E-state index in [1.807, 2.05) is 19.1 Å². The number of halogens is 2. The number of hydrogen-bond acceptors (Lipinski definition) is 1. The molecule has 0 radical (unpaired) electrons. The van der Waals surface area contributed by atoms with Crippen molar-refractivity contribution in [3.63, 3.8) is 0 Å². The van der Waals surface area contributed by atoms with Crippen molar-refractivity contribution >= 4 is 17.3 Å². The first kappa shape index (κ1) is 11.9. The molecular weight excluding hydrogens is 237 g/mol. The fourth-order valence-electron chi connectivity index (χ4n) is 1.81. The van der Waals surface area contributed by atoms with Crippen LogP contribution in [-0.2, 0) is 6.42 Å². The first-order valence-corrected chi connectivity index (χ1v) is 5.83. The van der Waals surface area contributed by atoms with Crippen LogP contribution in [0.3, 0.4) is 0 Å². The fraction of sp³-hybridized carbons (Fsp3) is 0.143. The van der Waals surface area contributed by atoms with Crippen LogP contribution in [0.4, 0.5) is 10.1 Å². The second-order valence-electron chi connectivity index (χ2n) is 3.89. The predicted molar refractivity (Wildman–Crippen MR) is 70.6 cm³/mol. The van der Waals surface area contributed by atoms with Crippen molar-refractivity contribution in [2.45, 2.75) is 13.3 Å². The van der Waals surface area contributed by atoms with Crippen LogP contribution in [0.1, 0.15) is 12.5 Å². The zero-order valence-corrected chi connectivity index (χ0v) is 10.3. The van der Waals surface area contributed by atoms with Gasteiger partial charge in [0.15, 0.2) is 0 Å². The molecule has 0 saturated carbocycles. The third kappa shape index (κ3) is 2.42. The largest absolute Gasteiger partial charge is 0.398 e. The van der Waals surface area contributed by atoms with Gasteiger partial charge >= 0.3 is 0 Å². The SMILES string of the molecule is CCc1ccc(-c2ccc(Cl)cc2F)cc1N. The molecule has 0 atom stereocenters. The Morgan fingerprint density at radius 1 is 1.18 bits per heavy atom. The van der Waals surface area contributed by atoms with Crippen molar-refractivity contribution < 1.29 is 4.39 Å². The summed E-state index contributed by atoms with van der Waals surface area (Å²) in [6.45, 7) is 2.04. The van der Waals surface area contributed by atoms with Crippen LogP contribution >= 0.6 is 11.6 Å². The lowest BCUT2D eigenvalue weighted by molar-refractivity contribution is 0.631. The van der Waals surface area contributed by atoms with Gasteiger partial charge < -0.3 is 5.73 Å². The van der Waals surface area contributed by atoms with Crippen LogP contribution in [0.2, 0.25) is 5.02 Å². The van der Waals surface area contributed by atoms with E-state index in [1.165, 1.54) is 6.07 Å². The summed E-state index contributed by atoms with van der Waals surface area (Å²) in [5.74, 6) is -0.332. The summed E-state index contributed by atoms with van der Waals surface area (Å²) in [6, 6.07) is 10.2. The molecule has 2 aromatic carbocycles. The first-order chi connectivity index (χ1) is 8.11. The Morgan fingerprint density at radius 3 is 2.53 bits per heavy atom. The third-order valence-electron chi connectivity index (χ3n) is 2.77. The van der Waals surface area contributed by atoms with Crippen LogP contribution < -0.4 is 5.73 Å². The van der Waals surface area contributed by atoms with Crippen LogP contribution in [0.25, 0.3) is 11.1 Å². The molecule has 2 N–H and O–H groups in total. The third-order valence-corrected chi connectivity index (χ3v) is 3.00. The van der Waals surface area contributed by atoms with E-state index in [1.54, 1.807) is 18.2 Å². The Labute approximate surface area is 105 Å². The smallest absolute Gasteiger partial charge is 0.132 e. The minimum atomic E-state index is -0.332. The molecule has 0 spiro atoms. The summed E-state index contributed by atoms with van der Waals surface area (Å²) in [7, 11) is 0. The maximum atomic E-state index is 13.7. The van der Waals surface area contributed by atoms with Crippen LogP contribution in [0.15, 0.2) is 36.4 Å². The highest BCUT2D eigenvalue weighted by molar-refractivity contribution is 6.30. The second-order valence-corrected chi connectivity index (χ2v) is 4.33. The number of nitrogen functional groups attached to an aromatic ring is 1. The van der Waals surface area contributed by atoms with Gasteiger partial charge in [-0.05, 0) is 41.8 Å². The molecule has 17 heavy (non-hydrogen) atoms. The molecule has 2 rings (SSSR count). The average molecular weight is 250 g/mol. The van der Waals surface area contributed by atoms with Crippen LogP contribution in [-0.4, -0.2) is 0 Å². The minimum absolute atomic E-state index is 0.332. The van der Waals surface area contributed by atoms with E-state index >= 15 is 0 Å². The molecule has 0 bridgehead atoms. The van der Waals surface area contributed by atoms with Crippen molar-refractivity contribution in [2.75, 3.05) is 5.73 Å². The zero-order valence-electron chi connectivity index (χ0n) is 9.50. The maximum absolute atomic E-state index is 13.7. The normalized spacial score (nSPS) is 10.5. The molecular formula is C14H13ClFN. The Balaban J connectivity index is 2.50. The highest BCUT2D eigenvalue weighted by Gasteiger charge is 2.07. The number of benzene rings is 2.